The van der Waals surface area contributed by atoms with E-state index in [4.69, 9.17) is 9.47 Å². The Balaban J connectivity index is 1.98. The minimum Gasteiger partial charge on any atom is -0.465 e. The Kier molecular flexibility index (Phi) is 4.99. The molecule has 3 rings (SSSR count). The third-order valence-electron chi connectivity index (χ3n) is 4.47. The lowest BCUT2D eigenvalue weighted by molar-refractivity contribution is -0.136. The van der Waals surface area contributed by atoms with Gasteiger partial charge in [0.05, 0.1) is 30.9 Å². The number of nitrogens with zero attached hydrogens (tertiary/aromatic N) is 1. The first-order valence-corrected chi connectivity index (χ1v) is 8.21. The highest BCUT2D eigenvalue weighted by atomic mass is 19.1. The molecule has 1 unspecified atom stereocenters. The highest BCUT2D eigenvalue weighted by Gasteiger charge is 2.38. The van der Waals surface area contributed by atoms with Crippen LogP contribution in [0.5, 0.6) is 0 Å². The maximum Gasteiger partial charge on any atom is 0.340 e. The van der Waals surface area contributed by atoms with Gasteiger partial charge in [-0.25, -0.2) is 9.18 Å². The summed E-state index contributed by atoms with van der Waals surface area (Å²) in [6.07, 6.45) is 3.33. The van der Waals surface area contributed by atoms with E-state index in [1.54, 1.807) is 24.0 Å². The minimum absolute atomic E-state index is 0.0358. The second-order valence-electron chi connectivity index (χ2n) is 6.12. The van der Waals surface area contributed by atoms with E-state index < -0.39 is 11.8 Å². The number of ether oxygens (including phenoxy) is 2. The summed E-state index contributed by atoms with van der Waals surface area (Å²) in [6, 6.07) is 5.87. The summed E-state index contributed by atoms with van der Waals surface area (Å²) < 4.78 is 23.9. The fourth-order valence-electron chi connectivity index (χ4n) is 3.20. The first-order chi connectivity index (χ1) is 12.0. The molecule has 0 N–H and O–H groups in total. The van der Waals surface area contributed by atoms with Gasteiger partial charge in [0.15, 0.2) is 0 Å². The van der Waals surface area contributed by atoms with Gasteiger partial charge in [-0.1, -0.05) is 12.1 Å². The van der Waals surface area contributed by atoms with Gasteiger partial charge in [-0.2, -0.15) is 0 Å². The average Bonchev–Trinajstić information content (AvgIpc) is 3.18. The minimum atomic E-state index is -0.580. The smallest absolute Gasteiger partial charge is 0.340 e. The molecule has 1 amide bonds. The van der Waals surface area contributed by atoms with Crippen LogP contribution < -0.4 is 0 Å². The van der Waals surface area contributed by atoms with Crippen LogP contribution in [0.15, 0.2) is 41.1 Å². The molecule has 1 fully saturated rings. The van der Waals surface area contributed by atoms with Crippen LogP contribution >= 0.6 is 0 Å². The largest absolute Gasteiger partial charge is 0.465 e. The molecule has 1 aromatic carbocycles. The summed E-state index contributed by atoms with van der Waals surface area (Å²) in [4.78, 5) is 26.6. The molecular weight excluding hydrogens is 325 g/mol. The first kappa shape index (κ1) is 17.4. The molecule has 0 radical (unpaired) electrons. The first-order valence-electron chi connectivity index (χ1n) is 8.21. The molecule has 25 heavy (non-hydrogen) atoms. The van der Waals surface area contributed by atoms with E-state index in [1.807, 2.05) is 0 Å². The molecule has 6 heteroatoms. The van der Waals surface area contributed by atoms with Crippen molar-refractivity contribution in [2.24, 2.45) is 0 Å². The fraction of sp³-hybridized carbons (Fsp3) is 0.368. The van der Waals surface area contributed by atoms with Gasteiger partial charge in [0.25, 0.3) is 5.91 Å². The van der Waals surface area contributed by atoms with E-state index in [-0.39, 0.29) is 23.2 Å². The SMILES string of the molecule is COC(=O)C1=C(C)N(CC2CCCO2)C(=O)/C1=C\c1cccc(F)c1. The van der Waals surface area contributed by atoms with E-state index in [9.17, 15) is 14.0 Å². The number of allylic oxidation sites excluding steroid dienone is 1. The van der Waals surface area contributed by atoms with Gasteiger partial charge in [0, 0.05) is 12.3 Å². The van der Waals surface area contributed by atoms with Crippen molar-refractivity contribution in [3.63, 3.8) is 0 Å². The van der Waals surface area contributed by atoms with Crippen molar-refractivity contribution in [1.82, 2.24) is 4.90 Å². The van der Waals surface area contributed by atoms with Crippen LogP contribution in [-0.2, 0) is 19.1 Å². The van der Waals surface area contributed by atoms with Gasteiger partial charge in [-0.05, 0) is 43.5 Å². The van der Waals surface area contributed by atoms with Gasteiger partial charge in [-0.3, -0.25) is 4.79 Å². The second kappa shape index (κ2) is 7.19. The van der Waals surface area contributed by atoms with E-state index >= 15 is 0 Å². The summed E-state index contributed by atoms with van der Waals surface area (Å²) in [5.74, 6) is -1.28. The van der Waals surface area contributed by atoms with Crippen molar-refractivity contribution < 1.29 is 23.5 Å². The Bertz CT molecular complexity index is 762. The lowest BCUT2D eigenvalue weighted by atomic mass is 10.0. The zero-order valence-corrected chi connectivity index (χ0v) is 14.3. The maximum absolute atomic E-state index is 13.4. The number of methoxy groups -OCH3 is 1. The molecule has 0 saturated carbocycles. The second-order valence-corrected chi connectivity index (χ2v) is 6.12. The number of carbonyl (C=O) groups is 2. The van der Waals surface area contributed by atoms with Gasteiger partial charge in [0.1, 0.15) is 5.82 Å². The number of carbonyl (C=O) groups excluding carboxylic acids is 2. The zero-order valence-electron chi connectivity index (χ0n) is 14.3. The van der Waals surface area contributed by atoms with Gasteiger partial charge in [0.2, 0.25) is 0 Å². The number of hydrogen-bond acceptors (Lipinski definition) is 4. The van der Waals surface area contributed by atoms with Crippen LogP contribution in [0.25, 0.3) is 6.08 Å². The quantitative estimate of drug-likeness (QED) is 0.622. The van der Waals surface area contributed by atoms with Crippen LogP contribution in [0.3, 0.4) is 0 Å². The van der Waals surface area contributed by atoms with Crippen molar-refractivity contribution in [3.8, 4) is 0 Å². The molecule has 2 heterocycles. The number of benzene rings is 1. The van der Waals surface area contributed by atoms with Crippen molar-refractivity contribution in [1.29, 1.82) is 0 Å². The van der Waals surface area contributed by atoms with E-state index in [0.717, 1.165) is 12.8 Å². The molecule has 0 spiro atoms. The Morgan fingerprint density at radius 2 is 2.28 bits per heavy atom. The maximum atomic E-state index is 13.4. The predicted octanol–water partition coefficient (Wildman–Crippen LogP) is 2.68. The molecule has 1 aromatic rings. The van der Waals surface area contributed by atoms with Gasteiger partial charge >= 0.3 is 5.97 Å². The lowest BCUT2D eigenvalue weighted by Gasteiger charge is -2.21. The molecular formula is C19H20FNO4. The van der Waals surface area contributed by atoms with E-state index in [1.165, 1.54) is 25.3 Å². The fourth-order valence-corrected chi connectivity index (χ4v) is 3.20. The predicted molar refractivity (Wildman–Crippen MR) is 89.8 cm³/mol. The Hall–Kier alpha value is -2.47. The topological polar surface area (TPSA) is 55.8 Å². The van der Waals surface area contributed by atoms with Crippen molar-refractivity contribution in [2.45, 2.75) is 25.9 Å². The van der Waals surface area contributed by atoms with Crippen LogP contribution in [-0.4, -0.2) is 43.1 Å². The number of amides is 1. The highest BCUT2D eigenvalue weighted by Crippen LogP contribution is 2.32. The van der Waals surface area contributed by atoms with E-state index in [0.29, 0.717) is 24.4 Å². The third kappa shape index (κ3) is 3.49. The molecule has 2 aliphatic rings. The summed E-state index contributed by atoms with van der Waals surface area (Å²) in [6.45, 7) is 2.79. The summed E-state index contributed by atoms with van der Waals surface area (Å²) >= 11 is 0. The molecule has 1 saturated heterocycles. The number of halogens is 1. The molecule has 132 valence electrons. The Morgan fingerprint density at radius 3 is 2.92 bits per heavy atom. The monoisotopic (exact) mass is 345 g/mol. The van der Waals surface area contributed by atoms with Crippen LogP contribution in [0.1, 0.15) is 25.3 Å². The summed E-state index contributed by atoms with van der Waals surface area (Å²) in [7, 11) is 1.27. The van der Waals surface area contributed by atoms with Crippen LogP contribution in [0, 0.1) is 5.82 Å². The molecule has 5 nitrogen and oxygen atoms in total. The molecule has 0 aliphatic carbocycles. The lowest BCUT2D eigenvalue weighted by Crippen LogP contribution is -2.33. The number of hydrogen-bond donors (Lipinski definition) is 0. The molecule has 2 aliphatic heterocycles. The molecule has 0 aromatic heterocycles. The number of rotatable bonds is 4. The number of esters is 1. The van der Waals surface area contributed by atoms with Crippen molar-refractivity contribution in [3.05, 3.63) is 52.5 Å². The normalized spacial score (nSPS) is 22.2. The van der Waals surface area contributed by atoms with Crippen molar-refractivity contribution in [2.75, 3.05) is 20.3 Å². The standard InChI is InChI=1S/C19H20FNO4/c1-12-17(19(23)24-2)16(10-13-5-3-6-14(20)9-13)18(22)21(12)11-15-7-4-8-25-15/h3,5-6,9-10,15H,4,7-8,11H2,1-2H3/b16-10-. The van der Waals surface area contributed by atoms with Gasteiger partial charge in [-0.15, -0.1) is 0 Å². The van der Waals surface area contributed by atoms with Gasteiger partial charge < -0.3 is 14.4 Å². The van der Waals surface area contributed by atoms with Crippen molar-refractivity contribution >= 4 is 18.0 Å². The Labute approximate surface area is 145 Å². The van der Waals surface area contributed by atoms with Crippen LogP contribution in [0.4, 0.5) is 4.39 Å². The third-order valence-corrected chi connectivity index (χ3v) is 4.47. The molecule has 0 bridgehead atoms. The molecule has 1 atom stereocenters. The van der Waals surface area contributed by atoms with E-state index in [2.05, 4.69) is 0 Å². The Morgan fingerprint density at radius 1 is 1.48 bits per heavy atom. The zero-order chi connectivity index (χ0) is 18.0. The average molecular weight is 345 g/mol. The summed E-state index contributed by atoms with van der Waals surface area (Å²) in [5, 5.41) is 0. The van der Waals surface area contributed by atoms with Crippen LogP contribution in [0.2, 0.25) is 0 Å². The highest BCUT2D eigenvalue weighted by molar-refractivity contribution is 6.16. The summed E-state index contributed by atoms with van der Waals surface area (Å²) in [5.41, 5.74) is 1.48.